The first kappa shape index (κ1) is 25.0. The van der Waals surface area contributed by atoms with Gasteiger partial charge in [0.25, 0.3) is 0 Å². The third-order valence-electron chi connectivity index (χ3n) is 6.77. The first-order valence-electron chi connectivity index (χ1n) is 13.5. The highest BCUT2D eigenvalue weighted by Gasteiger charge is 2.18. The number of hydrogen-bond acceptors (Lipinski definition) is 7. The van der Waals surface area contributed by atoms with Crippen LogP contribution in [0.4, 0.5) is 0 Å². The third-order valence-corrected chi connectivity index (χ3v) is 6.77. The molecule has 0 spiro atoms. The molecule has 42 heavy (non-hydrogen) atoms. The van der Waals surface area contributed by atoms with Crippen molar-refractivity contribution in [3.8, 4) is 68.1 Å². The Hall–Kier alpha value is -5.95. The van der Waals surface area contributed by atoms with Crippen molar-refractivity contribution in [1.29, 1.82) is 0 Å². The molecule has 0 bridgehead atoms. The van der Waals surface area contributed by atoms with E-state index in [0.29, 0.717) is 34.4 Å². The van der Waals surface area contributed by atoms with Crippen molar-refractivity contribution in [3.63, 3.8) is 0 Å². The molecule has 3 aromatic heterocycles. The summed E-state index contributed by atoms with van der Waals surface area (Å²) in [6.07, 6.45) is 0. The molecule has 3 heterocycles. The summed E-state index contributed by atoms with van der Waals surface area (Å²) in [5.41, 5.74) is 7.78. The maximum absolute atomic E-state index is 4.95. The van der Waals surface area contributed by atoms with Crippen molar-refractivity contribution in [2.75, 3.05) is 0 Å². The highest BCUT2D eigenvalue weighted by Crippen LogP contribution is 2.32. The van der Waals surface area contributed by atoms with E-state index in [4.69, 9.17) is 15.0 Å². The molecule has 0 fully saturated rings. The average molecular weight is 542 g/mol. The van der Waals surface area contributed by atoms with Crippen molar-refractivity contribution in [3.05, 3.63) is 140 Å². The van der Waals surface area contributed by atoms with Crippen LogP contribution >= 0.6 is 0 Å². The SMILES string of the molecule is c1ccc(-c2nnc(-c3cccc(-c4nnc(-c5ccccc5)c(-c5ccccc5)n4)n3)nc2-c2ccccc2)cc1. The fourth-order valence-corrected chi connectivity index (χ4v) is 4.73. The van der Waals surface area contributed by atoms with Crippen molar-refractivity contribution >= 4 is 0 Å². The van der Waals surface area contributed by atoms with Gasteiger partial charge in [0.1, 0.15) is 34.2 Å². The molecular formula is C35H23N7. The molecule has 0 aliphatic rings. The molecule has 0 unspecified atom stereocenters. The van der Waals surface area contributed by atoms with Gasteiger partial charge in [-0.25, -0.2) is 15.0 Å². The molecule has 198 valence electrons. The first-order chi connectivity index (χ1) is 20.8. The lowest BCUT2D eigenvalue weighted by molar-refractivity contribution is 0.968. The quantitative estimate of drug-likeness (QED) is 0.216. The maximum Gasteiger partial charge on any atom is 0.201 e. The van der Waals surface area contributed by atoms with E-state index in [1.54, 1.807) is 0 Å². The van der Waals surface area contributed by atoms with Gasteiger partial charge in [-0.15, -0.1) is 20.4 Å². The topological polar surface area (TPSA) is 90.2 Å². The Labute approximate surface area is 242 Å². The second kappa shape index (κ2) is 11.3. The smallest absolute Gasteiger partial charge is 0.201 e. The van der Waals surface area contributed by atoms with Gasteiger partial charge in [-0.1, -0.05) is 127 Å². The summed E-state index contributed by atoms with van der Waals surface area (Å²) in [6, 6.07) is 45.5. The van der Waals surface area contributed by atoms with Crippen LogP contribution in [-0.2, 0) is 0 Å². The lowest BCUT2D eigenvalue weighted by atomic mass is 10.0. The van der Waals surface area contributed by atoms with Crippen molar-refractivity contribution in [1.82, 2.24) is 35.3 Å². The zero-order chi connectivity index (χ0) is 28.1. The molecule has 7 heteroatoms. The van der Waals surface area contributed by atoms with E-state index >= 15 is 0 Å². The monoisotopic (exact) mass is 541 g/mol. The molecule has 0 saturated heterocycles. The van der Waals surface area contributed by atoms with Crippen LogP contribution in [0.3, 0.4) is 0 Å². The normalized spacial score (nSPS) is 10.9. The van der Waals surface area contributed by atoms with E-state index in [-0.39, 0.29) is 0 Å². The zero-order valence-electron chi connectivity index (χ0n) is 22.4. The highest BCUT2D eigenvalue weighted by atomic mass is 15.2. The van der Waals surface area contributed by atoms with Gasteiger partial charge in [-0.3, -0.25) is 0 Å². The van der Waals surface area contributed by atoms with E-state index in [1.165, 1.54) is 0 Å². The number of rotatable bonds is 6. The molecule has 0 atom stereocenters. The Morgan fingerprint density at radius 1 is 0.262 bits per heavy atom. The Morgan fingerprint density at radius 3 is 0.952 bits per heavy atom. The molecule has 4 aromatic carbocycles. The summed E-state index contributed by atoms with van der Waals surface area (Å²) in [5, 5.41) is 18.2. The van der Waals surface area contributed by atoms with Gasteiger partial charge in [0, 0.05) is 22.3 Å². The summed E-state index contributed by atoms with van der Waals surface area (Å²) < 4.78 is 0. The molecule has 0 aliphatic carbocycles. The molecule has 0 amide bonds. The molecule has 7 rings (SSSR count). The van der Waals surface area contributed by atoms with Gasteiger partial charge in [0.05, 0.1) is 0 Å². The Morgan fingerprint density at radius 2 is 0.595 bits per heavy atom. The van der Waals surface area contributed by atoms with Crippen LogP contribution in [0.15, 0.2) is 140 Å². The molecule has 0 N–H and O–H groups in total. The number of aromatic nitrogens is 7. The van der Waals surface area contributed by atoms with Crippen molar-refractivity contribution in [2.45, 2.75) is 0 Å². The molecule has 0 radical (unpaired) electrons. The standard InChI is InChI=1S/C35H23N7/c1-5-14-24(15-6-1)30-32(26-18-9-3-10-19-26)39-41-34(37-30)28-22-13-23-29(36-28)35-38-31(25-16-7-2-8-17-25)33(40-42-35)27-20-11-4-12-21-27/h1-23H. The van der Waals surface area contributed by atoms with E-state index in [1.807, 2.05) is 140 Å². The van der Waals surface area contributed by atoms with E-state index in [0.717, 1.165) is 33.6 Å². The van der Waals surface area contributed by atoms with Crippen molar-refractivity contribution in [2.24, 2.45) is 0 Å². The maximum atomic E-state index is 4.95. The number of pyridine rings is 1. The number of benzene rings is 4. The van der Waals surface area contributed by atoms with E-state index in [9.17, 15) is 0 Å². The zero-order valence-corrected chi connectivity index (χ0v) is 22.4. The second-order valence-electron chi connectivity index (χ2n) is 9.54. The number of hydrogen-bond donors (Lipinski definition) is 0. The average Bonchev–Trinajstić information content (AvgIpc) is 3.09. The predicted molar refractivity (Wildman–Crippen MR) is 164 cm³/mol. The van der Waals surface area contributed by atoms with Crippen LogP contribution in [-0.4, -0.2) is 35.3 Å². The predicted octanol–water partition coefficient (Wildman–Crippen LogP) is 7.45. The highest BCUT2D eigenvalue weighted by molar-refractivity contribution is 5.80. The van der Waals surface area contributed by atoms with Gasteiger partial charge in [-0.05, 0) is 12.1 Å². The third kappa shape index (κ3) is 5.02. The van der Waals surface area contributed by atoms with Gasteiger partial charge < -0.3 is 0 Å². The number of nitrogens with zero attached hydrogens (tertiary/aromatic N) is 7. The second-order valence-corrected chi connectivity index (χ2v) is 9.54. The minimum atomic E-state index is 0.410. The van der Waals surface area contributed by atoms with Crippen LogP contribution in [0, 0.1) is 0 Å². The molecular weight excluding hydrogens is 518 g/mol. The molecule has 7 aromatic rings. The van der Waals surface area contributed by atoms with E-state index < -0.39 is 0 Å². The summed E-state index contributed by atoms with van der Waals surface area (Å²) in [6.45, 7) is 0. The summed E-state index contributed by atoms with van der Waals surface area (Å²) in [5.74, 6) is 0.820. The van der Waals surface area contributed by atoms with Crippen molar-refractivity contribution < 1.29 is 0 Å². The van der Waals surface area contributed by atoms with Gasteiger partial charge in [0.2, 0.25) is 11.6 Å². The Bertz CT molecular complexity index is 1820. The largest absolute Gasteiger partial charge is 0.241 e. The fraction of sp³-hybridized carbons (Fsp3) is 0. The van der Waals surface area contributed by atoms with Crippen LogP contribution < -0.4 is 0 Å². The molecule has 7 nitrogen and oxygen atoms in total. The molecule has 0 aliphatic heterocycles. The van der Waals surface area contributed by atoms with Gasteiger partial charge >= 0.3 is 0 Å². The minimum Gasteiger partial charge on any atom is -0.241 e. The van der Waals surface area contributed by atoms with Gasteiger partial charge in [0.15, 0.2) is 0 Å². The Balaban J connectivity index is 1.33. The minimum absolute atomic E-state index is 0.410. The van der Waals surface area contributed by atoms with Crippen LogP contribution in [0.5, 0.6) is 0 Å². The van der Waals surface area contributed by atoms with Crippen LogP contribution in [0.1, 0.15) is 0 Å². The molecule has 0 saturated carbocycles. The van der Waals surface area contributed by atoms with Gasteiger partial charge in [-0.2, -0.15) is 0 Å². The summed E-state index contributed by atoms with van der Waals surface area (Å²) >= 11 is 0. The van der Waals surface area contributed by atoms with Crippen LogP contribution in [0.2, 0.25) is 0 Å². The summed E-state index contributed by atoms with van der Waals surface area (Å²) in [7, 11) is 0. The fourth-order valence-electron chi connectivity index (χ4n) is 4.73. The first-order valence-corrected chi connectivity index (χ1v) is 13.5. The van der Waals surface area contributed by atoms with Crippen LogP contribution in [0.25, 0.3) is 68.1 Å². The Kier molecular flexibility index (Phi) is 6.72. The summed E-state index contributed by atoms with van der Waals surface area (Å²) in [4.78, 5) is 14.8. The van der Waals surface area contributed by atoms with E-state index in [2.05, 4.69) is 20.4 Å². The lowest BCUT2D eigenvalue weighted by Crippen LogP contribution is -2.03. The lowest BCUT2D eigenvalue weighted by Gasteiger charge is -2.11.